The highest BCUT2D eigenvalue weighted by molar-refractivity contribution is 8.05. The van der Waals surface area contributed by atoms with Crippen LogP contribution in [0.3, 0.4) is 0 Å². The molecule has 0 saturated heterocycles. The number of benzene rings is 6. The van der Waals surface area contributed by atoms with Crippen LogP contribution in [-0.4, -0.2) is 7.28 Å². The molecule has 1 N–H and O–H groups in total. The van der Waals surface area contributed by atoms with Crippen LogP contribution in [0.15, 0.2) is 147 Å². The lowest BCUT2D eigenvalue weighted by Crippen LogP contribution is -2.41. The number of aryl methyl sites for hydroxylation is 2. The molecule has 2 aliphatic rings. The van der Waals surface area contributed by atoms with Crippen molar-refractivity contribution >= 4 is 70.2 Å². The van der Waals surface area contributed by atoms with Gasteiger partial charge in [-0.2, -0.15) is 0 Å². The lowest BCUT2D eigenvalue weighted by Gasteiger charge is -2.35. The first-order valence-electron chi connectivity index (χ1n) is 14.6. The molecule has 0 radical (unpaired) electrons. The van der Waals surface area contributed by atoms with Gasteiger partial charge in [0.15, 0.2) is 7.28 Å². The second-order valence-electron chi connectivity index (χ2n) is 11.2. The minimum Gasteiger partial charge on any atom is -0.355 e. The number of para-hydroxylation sites is 3. The third-order valence-electron chi connectivity index (χ3n) is 8.30. The highest BCUT2D eigenvalue weighted by Gasteiger charge is 2.29. The molecule has 0 atom stereocenters. The van der Waals surface area contributed by atoms with E-state index in [4.69, 9.17) is 0 Å². The van der Waals surface area contributed by atoms with Crippen LogP contribution in [0.2, 0.25) is 0 Å². The predicted molar refractivity (Wildman–Crippen MR) is 187 cm³/mol. The van der Waals surface area contributed by atoms with Crippen LogP contribution in [0.25, 0.3) is 11.1 Å². The summed E-state index contributed by atoms with van der Waals surface area (Å²) in [5.74, 6) is 0. The zero-order chi connectivity index (χ0) is 28.9. The van der Waals surface area contributed by atoms with Gasteiger partial charge in [-0.25, -0.2) is 0 Å². The van der Waals surface area contributed by atoms with Crippen molar-refractivity contribution < 1.29 is 0 Å². The Morgan fingerprint density at radius 1 is 0.558 bits per heavy atom. The first-order chi connectivity index (χ1) is 21.1. The molecule has 206 valence electrons. The van der Waals surface area contributed by atoms with Gasteiger partial charge in [0, 0.05) is 53.6 Å². The van der Waals surface area contributed by atoms with Gasteiger partial charge >= 0.3 is 0 Å². The van der Waals surface area contributed by atoms with Crippen LogP contribution in [0.4, 0.5) is 28.4 Å². The van der Waals surface area contributed by atoms with E-state index in [1.165, 1.54) is 69.8 Å². The fraction of sp³-hybridized carbons (Fsp3) is 0.0526. The van der Waals surface area contributed by atoms with E-state index < -0.39 is 0 Å². The third kappa shape index (κ3) is 4.73. The Labute approximate surface area is 262 Å². The molecule has 0 aromatic heterocycles. The molecule has 0 fully saturated rings. The van der Waals surface area contributed by atoms with Crippen molar-refractivity contribution in [2.24, 2.45) is 0 Å². The molecular formula is C38H29BN2S2. The topological polar surface area (TPSA) is 15.3 Å². The van der Waals surface area contributed by atoms with Gasteiger partial charge in [0.05, 0.1) is 0 Å². The van der Waals surface area contributed by atoms with E-state index in [1.54, 1.807) is 0 Å². The highest BCUT2D eigenvalue weighted by Crippen LogP contribution is 2.51. The fourth-order valence-corrected chi connectivity index (χ4v) is 8.51. The SMILES string of the molecule is Cc1cc(-c2cc3c(cc2Nc2ccccc2C)Sc2ccccc2S3)c2c(c1)N(c1ccccc1)c1ccccc1B2. The fourth-order valence-electron chi connectivity index (χ4n) is 6.24. The van der Waals surface area contributed by atoms with Gasteiger partial charge in [0.25, 0.3) is 0 Å². The molecular weight excluding hydrogens is 559 g/mol. The summed E-state index contributed by atoms with van der Waals surface area (Å²) < 4.78 is 0. The minimum atomic E-state index is 0.885. The normalized spacial score (nSPS) is 12.8. The molecule has 0 spiro atoms. The summed E-state index contributed by atoms with van der Waals surface area (Å²) in [6.07, 6.45) is 0. The standard InChI is InChI=1S/C38H29BN2S2/c1-24-20-28(38-33(21-24)41(26-13-4-3-5-14-26)32-17-9-7-15-29(32)39-38)27-22-36-37(43-35-19-11-10-18-34(35)42-36)23-31(27)40-30-16-8-6-12-25(30)2/h3-23,39-40H,1-2H3. The number of hydrogen-bond acceptors (Lipinski definition) is 4. The van der Waals surface area contributed by atoms with Crippen LogP contribution in [0.5, 0.6) is 0 Å². The molecule has 0 amide bonds. The summed E-state index contributed by atoms with van der Waals surface area (Å²) in [7, 11) is 0.885. The number of nitrogens with zero attached hydrogens (tertiary/aromatic N) is 1. The number of anilines is 5. The zero-order valence-electron chi connectivity index (χ0n) is 24.1. The maximum atomic E-state index is 3.87. The quantitative estimate of drug-likeness (QED) is 0.206. The predicted octanol–water partition coefficient (Wildman–Crippen LogP) is 9.50. The van der Waals surface area contributed by atoms with Crippen molar-refractivity contribution in [3.63, 3.8) is 0 Å². The summed E-state index contributed by atoms with van der Waals surface area (Å²) in [5.41, 5.74) is 13.7. The molecule has 2 nitrogen and oxygen atoms in total. The van der Waals surface area contributed by atoms with Crippen molar-refractivity contribution in [3.05, 3.63) is 139 Å². The highest BCUT2D eigenvalue weighted by atomic mass is 32.2. The van der Waals surface area contributed by atoms with E-state index in [-0.39, 0.29) is 0 Å². The Kier molecular flexibility index (Phi) is 6.58. The van der Waals surface area contributed by atoms with Crippen molar-refractivity contribution in [2.75, 3.05) is 10.2 Å². The molecule has 5 heteroatoms. The van der Waals surface area contributed by atoms with Crippen molar-refractivity contribution in [1.82, 2.24) is 0 Å². The minimum absolute atomic E-state index is 0.885. The van der Waals surface area contributed by atoms with Crippen molar-refractivity contribution in [1.29, 1.82) is 0 Å². The van der Waals surface area contributed by atoms with E-state index in [2.05, 4.69) is 151 Å². The molecule has 8 rings (SSSR count). The van der Waals surface area contributed by atoms with Gasteiger partial charge in [-0.05, 0) is 90.6 Å². The van der Waals surface area contributed by atoms with Gasteiger partial charge in [0.2, 0.25) is 0 Å². The van der Waals surface area contributed by atoms with Crippen LogP contribution in [0.1, 0.15) is 11.1 Å². The molecule has 6 aromatic carbocycles. The zero-order valence-corrected chi connectivity index (χ0v) is 25.7. The smallest absolute Gasteiger partial charge is 0.198 e. The molecule has 0 unspecified atom stereocenters. The van der Waals surface area contributed by atoms with Crippen molar-refractivity contribution in [3.8, 4) is 11.1 Å². The Balaban J connectivity index is 1.36. The number of rotatable bonds is 4. The Hall–Kier alpha value is -4.32. The average molecular weight is 589 g/mol. The average Bonchev–Trinajstić information content (AvgIpc) is 3.03. The maximum absolute atomic E-state index is 3.87. The second kappa shape index (κ2) is 10.8. The Bertz CT molecular complexity index is 2020. The van der Waals surface area contributed by atoms with Crippen LogP contribution < -0.4 is 21.1 Å². The van der Waals surface area contributed by atoms with E-state index in [0.717, 1.165) is 18.7 Å². The summed E-state index contributed by atoms with van der Waals surface area (Å²) in [6.45, 7) is 4.39. The van der Waals surface area contributed by atoms with E-state index >= 15 is 0 Å². The molecule has 0 aliphatic carbocycles. The summed E-state index contributed by atoms with van der Waals surface area (Å²) in [6, 6.07) is 46.4. The Morgan fingerprint density at radius 2 is 1.23 bits per heavy atom. The molecule has 43 heavy (non-hydrogen) atoms. The van der Waals surface area contributed by atoms with Gasteiger partial charge in [-0.15, -0.1) is 0 Å². The second-order valence-corrected chi connectivity index (χ2v) is 13.4. The number of fused-ring (bicyclic) bond motifs is 4. The summed E-state index contributed by atoms with van der Waals surface area (Å²) in [5, 5.41) is 3.87. The molecule has 6 aromatic rings. The monoisotopic (exact) mass is 588 g/mol. The van der Waals surface area contributed by atoms with Gasteiger partial charge in [0.1, 0.15) is 0 Å². The van der Waals surface area contributed by atoms with Crippen LogP contribution in [-0.2, 0) is 0 Å². The summed E-state index contributed by atoms with van der Waals surface area (Å²) in [4.78, 5) is 7.68. The van der Waals surface area contributed by atoms with Gasteiger partial charge < -0.3 is 10.2 Å². The largest absolute Gasteiger partial charge is 0.355 e. The first-order valence-corrected chi connectivity index (χ1v) is 16.3. The lowest BCUT2D eigenvalue weighted by molar-refractivity contribution is 1.16. The van der Waals surface area contributed by atoms with Crippen LogP contribution >= 0.6 is 23.5 Å². The maximum Gasteiger partial charge on any atom is 0.198 e. The van der Waals surface area contributed by atoms with E-state index in [9.17, 15) is 0 Å². The van der Waals surface area contributed by atoms with Crippen LogP contribution in [0, 0.1) is 13.8 Å². The summed E-state index contributed by atoms with van der Waals surface area (Å²) >= 11 is 3.74. The van der Waals surface area contributed by atoms with Crippen molar-refractivity contribution in [2.45, 2.75) is 33.4 Å². The molecule has 2 heterocycles. The van der Waals surface area contributed by atoms with E-state index in [0.29, 0.717) is 0 Å². The molecule has 0 bridgehead atoms. The lowest BCUT2D eigenvalue weighted by atomic mass is 9.58. The van der Waals surface area contributed by atoms with E-state index in [1.807, 2.05) is 23.5 Å². The van der Waals surface area contributed by atoms with Gasteiger partial charge in [-0.3, -0.25) is 0 Å². The number of hydrogen-bond donors (Lipinski definition) is 1. The molecule has 0 saturated carbocycles. The number of nitrogens with one attached hydrogen (secondary N) is 1. The third-order valence-corrected chi connectivity index (χ3v) is 10.8. The molecule has 2 aliphatic heterocycles. The Morgan fingerprint density at radius 3 is 2.02 bits per heavy atom. The first kappa shape index (κ1) is 26.3. The van der Waals surface area contributed by atoms with Gasteiger partial charge in [-0.1, -0.05) is 102 Å².